The molecule has 3 nitrogen and oxygen atoms in total. The van der Waals surface area contributed by atoms with Gasteiger partial charge in [-0.05, 0) is 18.4 Å². The van der Waals surface area contributed by atoms with Gasteiger partial charge >= 0.3 is 0 Å². The fourth-order valence-electron chi connectivity index (χ4n) is 3.55. The van der Waals surface area contributed by atoms with E-state index >= 15 is 0 Å². The SMILES string of the molecule is O=C1CCCC[C@H]1[C@H](c1ccccc1)N1CCOCC1. The molecule has 1 aliphatic heterocycles. The number of ketones is 1. The van der Waals surface area contributed by atoms with Crippen LogP contribution in [0.25, 0.3) is 0 Å². The Balaban J connectivity index is 1.88. The van der Waals surface area contributed by atoms with E-state index in [9.17, 15) is 4.79 Å². The van der Waals surface area contributed by atoms with E-state index in [1.165, 1.54) is 12.0 Å². The van der Waals surface area contributed by atoms with Crippen LogP contribution >= 0.6 is 0 Å². The Bertz CT molecular complexity index is 440. The van der Waals surface area contributed by atoms with E-state index in [4.69, 9.17) is 4.74 Å². The summed E-state index contributed by atoms with van der Waals surface area (Å²) < 4.78 is 5.47. The summed E-state index contributed by atoms with van der Waals surface area (Å²) in [4.78, 5) is 14.8. The van der Waals surface area contributed by atoms with Crippen molar-refractivity contribution in [1.82, 2.24) is 4.90 Å². The van der Waals surface area contributed by atoms with Gasteiger partial charge < -0.3 is 4.74 Å². The highest BCUT2D eigenvalue weighted by Crippen LogP contribution is 2.36. The van der Waals surface area contributed by atoms with Crippen LogP contribution in [0.3, 0.4) is 0 Å². The molecule has 20 heavy (non-hydrogen) atoms. The summed E-state index contributed by atoms with van der Waals surface area (Å²) in [6.07, 6.45) is 4.05. The molecular formula is C17H23NO2. The van der Waals surface area contributed by atoms with Crippen LogP contribution in [-0.2, 0) is 9.53 Å². The van der Waals surface area contributed by atoms with Crippen molar-refractivity contribution >= 4 is 5.78 Å². The van der Waals surface area contributed by atoms with Crippen LogP contribution in [0, 0.1) is 5.92 Å². The van der Waals surface area contributed by atoms with Gasteiger partial charge in [-0.1, -0.05) is 36.8 Å². The van der Waals surface area contributed by atoms with Gasteiger partial charge in [-0.25, -0.2) is 0 Å². The maximum atomic E-state index is 12.4. The lowest BCUT2D eigenvalue weighted by Gasteiger charge is -2.40. The number of hydrogen-bond acceptors (Lipinski definition) is 3. The maximum Gasteiger partial charge on any atom is 0.137 e. The molecule has 2 aliphatic rings. The minimum absolute atomic E-state index is 0.171. The lowest BCUT2D eigenvalue weighted by Crippen LogP contribution is -2.44. The van der Waals surface area contributed by atoms with E-state index in [1.54, 1.807) is 0 Å². The molecule has 1 saturated carbocycles. The van der Waals surface area contributed by atoms with Crippen molar-refractivity contribution in [3.8, 4) is 0 Å². The summed E-state index contributed by atoms with van der Waals surface area (Å²) in [5, 5.41) is 0. The molecule has 0 bridgehead atoms. The number of benzene rings is 1. The van der Waals surface area contributed by atoms with E-state index in [1.807, 2.05) is 6.07 Å². The second-order valence-corrected chi connectivity index (χ2v) is 5.82. The number of Topliss-reactive ketones (excluding diaryl/α,β-unsaturated/α-hetero) is 1. The second kappa shape index (κ2) is 6.51. The third kappa shape index (κ3) is 2.94. The zero-order chi connectivity index (χ0) is 13.8. The number of hydrogen-bond donors (Lipinski definition) is 0. The van der Waals surface area contributed by atoms with E-state index in [2.05, 4.69) is 29.2 Å². The molecule has 2 fully saturated rings. The highest BCUT2D eigenvalue weighted by atomic mass is 16.5. The zero-order valence-corrected chi connectivity index (χ0v) is 12.0. The van der Waals surface area contributed by atoms with E-state index in [0.717, 1.165) is 45.6 Å². The molecule has 1 aromatic carbocycles. The Labute approximate surface area is 120 Å². The fraction of sp³-hybridized carbons (Fsp3) is 0.588. The van der Waals surface area contributed by atoms with Crippen molar-refractivity contribution in [3.63, 3.8) is 0 Å². The molecule has 1 saturated heterocycles. The predicted molar refractivity (Wildman–Crippen MR) is 78.5 cm³/mol. The lowest BCUT2D eigenvalue weighted by molar-refractivity contribution is -0.128. The van der Waals surface area contributed by atoms with Crippen LogP contribution in [0.1, 0.15) is 37.3 Å². The second-order valence-electron chi connectivity index (χ2n) is 5.82. The summed E-state index contributed by atoms with van der Waals surface area (Å²) >= 11 is 0. The van der Waals surface area contributed by atoms with Crippen molar-refractivity contribution in [1.29, 1.82) is 0 Å². The number of rotatable bonds is 3. The summed E-state index contributed by atoms with van der Waals surface area (Å²) in [5.74, 6) is 0.626. The van der Waals surface area contributed by atoms with Gasteiger partial charge in [0.1, 0.15) is 5.78 Å². The molecule has 0 spiro atoms. The number of carbonyl (C=O) groups is 1. The van der Waals surface area contributed by atoms with Crippen LogP contribution in [0.2, 0.25) is 0 Å². The Morgan fingerprint density at radius 3 is 2.55 bits per heavy atom. The first-order valence-electron chi connectivity index (χ1n) is 7.76. The van der Waals surface area contributed by atoms with Crippen molar-refractivity contribution in [2.45, 2.75) is 31.7 Å². The first-order valence-corrected chi connectivity index (χ1v) is 7.76. The first-order chi connectivity index (χ1) is 9.86. The number of ether oxygens (including phenoxy) is 1. The smallest absolute Gasteiger partial charge is 0.137 e. The topological polar surface area (TPSA) is 29.5 Å². The van der Waals surface area contributed by atoms with Crippen LogP contribution in [0.5, 0.6) is 0 Å². The Morgan fingerprint density at radius 1 is 1.10 bits per heavy atom. The molecule has 2 atom stereocenters. The summed E-state index contributed by atoms with van der Waals surface area (Å²) in [5.41, 5.74) is 1.29. The van der Waals surface area contributed by atoms with Crippen molar-refractivity contribution in [3.05, 3.63) is 35.9 Å². The van der Waals surface area contributed by atoms with Crippen molar-refractivity contribution < 1.29 is 9.53 Å². The van der Waals surface area contributed by atoms with Gasteiger partial charge in [0, 0.05) is 31.5 Å². The lowest BCUT2D eigenvalue weighted by atomic mass is 9.79. The molecular weight excluding hydrogens is 250 g/mol. The average Bonchev–Trinajstić information content (AvgIpc) is 2.52. The van der Waals surface area contributed by atoms with Gasteiger partial charge in [0.15, 0.2) is 0 Å². The van der Waals surface area contributed by atoms with Crippen molar-refractivity contribution in [2.24, 2.45) is 5.92 Å². The highest BCUT2D eigenvalue weighted by Gasteiger charge is 2.35. The van der Waals surface area contributed by atoms with Crippen LogP contribution in [-0.4, -0.2) is 37.0 Å². The van der Waals surface area contributed by atoms with Gasteiger partial charge in [-0.2, -0.15) is 0 Å². The predicted octanol–water partition coefficient (Wildman–Crippen LogP) is 2.82. The third-order valence-electron chi connectivity index (χ3n) is 4.56. The molecule has 3 rings (SSSR count). The normalized spacial score (nSPS) is 26.4. The number of carbonyl (C=O) groups excluding carboxylic acids is 1. The monoisotopic (exact) mass is 273 g/mol. The Kier molecular flexibility index (Phi) is 4.48. The Hall–Kier alpha value is -1.19. The molecule has 0 amide bonds. The average molecular weight is 273 g/mol. The highest BCUT2D eigenvalue weighted by molar-refractivity contribution is 5.82. The molecule has 0 N–H and O–H groups in total. The van der Waals surface area contributed by atoms with E-state index in [0.29, 0.717) is 5.78 Å². The summed E-state index contributed by atoms with van der Waals surface area (Å²) in [7, 11) is 0. The minimum Gasteiger partial charge on any atom is -0.379 e. The molecule has 1 heterocycles. The van der Waals surface area contributed by atoms with Crippen LogP contribution in [0.4, 0.5) is 0 Å². The van der Waals surface area contributed by atoms with Crippen LogP contribution < -0.4 is 0 Å². The third-order valence-corrected chi connectivity index (χ3v) is 4.56. The van der Waals surface area contributed by atoms with Gasteiger partial charge in [-0.3, -0.25) is 9.69 Å². The van der Waals surface area contributed by atoms with Gasteiger partial charge in [0.05, 0.1) is 13.2 Å². The number of nitrogens with zero attached hydrogens (tertiary/aromatic N) is 1. The molecule has 3 heteroatoms. The fourth-order valence-corrected chi connectivity index (χ4v) is 3.55. The molecule has 0 radical (unpaired) electrons. The Morgan fingerprint density at radius 2 is 1.85 bits per heavy atom. The summed E-state index contributed by atoms with van der Waals surface area (Å²) in [6.45, 7) is 3.43. The quantitative estimate of drug-likeness (QED) is 0.848. The molecule has 108 valence electrons. The maximum absolute atomic E-state index is 12.4. The van der Waals surface area contributed by atoms with Gasteiger partial charge in [-0.15, -0.1) is 0 Å². The molecule has 0 aromatic heterocycles. The minimum atomic E-state index is 0.171. The zero-order valence-electron chi connectivity index (χ0n) is 12.0. The van der Waals surface area contributed by atoms with E-state index in [-0.39, 0.29) is 12.0 Å². The number of morpholine rings is 1. The van der Waals surface area contributed by atoms with E-state index < -0.39 is 0 Å². The molecule has 1 aromatic rings. The van der Waals surface area contributed by atoms with Crippen LogP contribution in [0.15, 0.2) is 30.3 Å². The van der Waals surface area contributed by atoms with Crippen molar-refractivity contribution in [2.75, 3.05) is 26.3 Å². The molecule has 1 aliphatic carbocycles. The van der Waals surface area contributed by atoms with Gasteiger partial charge in [0.2, 0.25) is 0 Å². The standard InChI is InChI=1S/C17H23NO2/c19-16-9-5-4-8-15(16)17(14-6-2-1-3-7-14)18-10-12-20-13-11-18/h1-3,6-7,15,17H,4-5,8-13H2/t15-,17+/m1/s1. The van der Waals surface area contributed by atoms with Gasteiger partial charge in [0.25, 0.3) is 0 Å². The molecule has 0 unspecified atom stereocenters. The first kappa shape index (κ1) is 13.8. The largest absolute Gasteiger partial charge is 0.379 e. The summed E-state index contributed by atoms with van der Waals surface area (Å²) in [6, 6.07) is 10.8.